The number of rotatable bonds is 9. The Balaban J connectivity index is 1.75. The summed E-state index contributed by atoms with van der Waals surface area (Å²) in [6, 6.07) is 24.5. The highest BCUT2D eigenvalue weighted by Gasteiger charge is 2.11. The largest absolute Gasteiger partial charge is 0.550 e. The zero-order chi connectivity index (χ0) is 20.6. The lowest BCUT2D eigenvalue weighted by atomic mass is 10.1. The van der Waals surface area contributed by atoms with Crippen LogP contribution in [0.1, 0.15) is 23.1 Å². The Labute approximate surface area is 181 Å². The summed E-state index contributed by atoms with van der Waals surface area (Å²) in [6.07, 6.45) is -0.0120. The molecule has 3 aromatic carbocycles. The number of aryl methyl sites for hydroxylation is 1. The number of carboxylic acids is 1. The van der Waals surface area contributed by atoms with Gasteiger partial charge in [-0.15, -0.1) is 0 Å². The van der Waals surface area contributed by atoms with E-state index >= 15 is 0 Å². The van der Waals surface area contributed by atoms with Crippen LogP contribution < -0.4 is 5.11 Å². The number of nitrogens with zero attached hydrogens (tertiary/aromatic N) is 1. The summed E-state index contributed by atoms with van der Waals surface area (Å²) in [4.78, 5) is 15.5. The van der Waals surface area contributed by atoms with E-state index in [1.807, 2.05) is 43.3 Å². The Morgan fingerprint density at radius 3 is 2.48 bits per heavy atom. The fourth-order valence-corrected chi connectivity index (χ4v) is 4.22. The van der Waals surface area contributed by atoms with Crippen LogP contribution in [0.5, 0.6) is 0 Å². The van der Waals surface area contributed by atoms with Gasteiger partial charge in [0.1, 0.15) is 0 Å². The molecule has 150 valence electrons. The van der Waals surface area contributed by atoms with Crippen LogP contribution >= 0.6 is 23.4 Å². The summed E-state index contributed by atoms with van der Waals surface area (Å²) in [5.74, 6) is -1.04. The molecule has 3 rings (SSSR count). The molecule has 0 unspecified atom stereocenters. The number of carbonyl (C=O) groups excluding carboxylic acids is 1. The van der Waals surface area contributed by atoms with Gasteiger partial charge < -0.3 is 9.90 Å². The molecule has 5 heteroatoms. The second kappa shape index (κ2) is 10.5. The molecule has 0 radical (unpaired) electrons. The minimum absolute atomic E-state index is 0.0120. The van der Waals surface area contributed by atoms with Gasteiger partial charge in [0.15, 0.2) is 0 Å². The number of carboxylic acid groups (broad SMARTS) is 1. The van der Waals surface area contributed by atoms with Gasteiger partial charge in [0, 0.05) is 40.4 Å². The summed E-state index contributed by atoms with van der Waals surface area (Å²) < 4.78 is 0. The molecule has 0 saturated heterocycles. The van der Waals surface area contributed by atoms with Crippen molar-refractivity contribution in [1.82, 2.24) is 4.90 Å². The molecule has 0 aliphatic carbocycles. The lowest BCUT2D eigenvalue weighted by Gasteiger charge is -2.24. The van der Waals surface area contributed by atoms with Gasteiger partial charge in [0.25, 0.3) is 0 Å². The highest BCUT2D eigenvalue weighted by molar-refractivity contribution is 7.99. The third-order valence-corrected chi connectivity index (χ3v) is 5.88. The molecule has 0 saturated carbocycles. The van der Waals surface area contributed by atoms with Crippen molar-refractivity contribution in [2.24, 2.45) is 0 Å². The van der Waals surface area contributed by atoms with Crippen LogP contribution in [0.2, 0.25) is 5.02 Å². The lowest BCUT2D eigenvalue weighted by molar-refractivity contribution is -0.305. The van der Waals surface area contributed by atoms with Crippen LogP contribution in [0.3, 0.4) is 0 Å². The van der Waals surface area contributed by atoms with Crippen molar-refractivity contribution >= 4 is 29.3 Å². The number of hydrogen-bond donors (Lipinski definition) is 0. The van der Waals surface area contributed by atoms with Gasteiger partial charge in [-0.05, 0) is 54.8 Å². The molecule has 0 aliphatic heterocycles. The van der Waals surface area contributed by atoms with Crippen molar-refractivity contribution in [1.29, 1.82) is 0 Å². The smallest absolute Gasteiger partial charge is 0.0451 e. The molecule has 0 N–H and O–H groups in total. The highest BCUT2D eigenvalue weighted by Crippen LogP contribution is 2.28. The quantitative estimate of drug-likeness (QED) is 0.488. The van der Waals surface area contributed by atoms with E-state index in [2.05, 4.69) is 41.3 Å². The predicted octanol–water partition coefficient (Wildman–Crippen LogP) is 4.94. The normalized spacial score (nSPS) is 11.0. The maximum atomic E-state index is 11.0. The molecule has 0 atom stereocenters. The van der Waals surface area contributed by atoms with Crippen LogP contribution in [0.25, 0.3) is 0 Å². The first kappa shape index (κ1) is 21.4. The van der Waals surface area contributed by atoms with Gasteiger partial charge in [0.05, 0.1) is 0 Å². The van der Waals surface area contributed by atoms with Crippen LogP contribution in [-0.2, 0) is 17.9 Å². The Morgan fingerprint density at radius 1 is 0.966 bits per heavy atom. The van der Waals surface area contributed by atoms with Gasteiger partial charge >= 0.3 is 0 Å². The second-order valence-electron chi connectivity index (χ2n) is 6.99. The molecule has 0 amide bonds. The first-order valence-corrected chi connectivity index (χ1v) is 10.7. The maximum absolute atomic E-state index is 11.0. The second-order valence-corrected chi connectivity index (χ2v) is 8.54. The Bertz CT molecular complexity index is 962. The Kier molecular flexibility index (Phi) is 7.76. The monoisotopic (exact) mass is 424 g/mol. The number of halogens is 1. The van der Waals surface area contributed by atoms with Crippen molar-refractivity contribution in [3.63, 3.8) is 0 Å². The SMILES string of the molecule is Cc1ccc(Cl)c(CN(CCC(=O)[O-])Cc2cccc(Sc3ccccc3)c2)c1. The van der Waals surface area contributed by atoms with Gasteiger partial charge in [0.2, 0.25) is 0 Å². The van der Waals surface area contributed by atoms with Gasteiger partial charge in [-0.1, -0.05) is 71.4 Å². The topological polar surface area (TPSA) is 43.4 Å². The summed E-state index contributed by atoms with van der Waals surface area (Å²) in [5.41, 5.74) is 3.26. The van der Waals surface area contributed by atoms with Crippen LogP contribution in [0.15, 0.2) is 82.6 Å². The van der Waals surface area contributed by atoms with E-state index in [9.17, 15) is 9.90 Å². The molecule has 0 aromatic heterocycles. The highest BCUT2D eigenvalue weighted by atomic mass is 35.5. The summed E-state index contributed by atoms with van der Waals surface area (Å²) in [6.45, 7) is 3.66. The number of carbonyl (C=O) groups is 1. The zero-order valence-corrected chi connectivity index (χ0v) is 17.9. The third kappa shape index (κ3) is 6.93. The fourth-order valence-electron chi connectivity index (χ4n) is 3.12. The number of benzene rings is 3. The van der Waals surface area contributed by atoms with Crippen molar-refractivity contribution in [2.45, 2.75) is 36.2 Å². The molecular formula is C24H23ClNO2S-. The van der Waals surface area contributed by atoms with Crippen molar-refractivity contribution < 1.29 is 9.90 Å². The van der Waals surface area contributed by atoms with Gasteiger partial charge in [-0.2, -0.15) is 0 Å². The van der Waals surface area contributed by atoms with Crippen molar-refractivity contribution in [3.05, 3.63) is 94.5 Å². The maximum Gasteiger partial charge on any atom is 0.0451 e. The lowest BCUT2D eigenvalue weighted by Crippen LogP contribution is -2.31. The Morgan fingerprint density at radius 2 is 1.72 bits per heavy atom. The average Bonchev–Trinajstić information content (AvgIpc) is 2.70. The van der Waals surface area contributed by atoms with E-state index in [1.54, 1.807) is 11.8 Å². The summed E-state index contributed by atoms with van der Waals surface area (Å²) in [5, 5.41) is 11.7. The Hall–Kier alpha value is -2.27. The molecule has 0 fully saturated rings. The fraction of sp³-hybridized carbons (Fsp3) is 0.208. The van der Waals surface area contributed by atoms with Gasteiger partial charge in [-0.25, -0.2) is 0 Å². The van der Waals surface area contributed by atoms with E-state index in [1.165, 1.54) is 4.90 Å². The zero-order valence-electron chi connectivity index (χ0n) is 16.3. The molecule has 29 heavy (non-hydrogen) atoms. The first-order valence-electron chi connectivity index (χ1n) is 9.48. The standard InChI is InChI=1S/C24H24ClNO2S/c1-18-10-11-23(25)20(14-18)17-26(13-12-24(27)28)16-19-6-5-9-22(15-19)29-21-7-3-2-4-8-21/h2-11,14-15H,12-13,16-17H2,1H3,(H,27,28)/p-1. The first-order chi connectivity index (χ1) is 14.0. The molecular weight excluding hydrogens is 402 g/mol. The third-order valence-electron chi connectivity index (χ3n) is 4.51. The average molecular weight is 425 g/mol. The molecule has 3 nitrogen and oxygen atoms in total. The van der Waals surface area contributed by atoms with E-state index in [0.29, 0.717) is 24.7 Å². The van der Waals surface area contributed by atoms with E-state index in [4.69, 9.17) is 11.6 Å². The summed E-state index contributed by atoms with van der Waals surface area (Å²) in [7, 11) is 0. The number of aliphatic carboxylic acids is 1. The minimum atomic E-state index is -1.04. The van der Waals surface area contributed by atoms with E-state index in [0.717, 1.165) is 21.6 Å². The summed E-state index contributed by atoms with van der Waals surface area (Å²) >= 11 is 8.07. The molecule has 0 heterocycles. The number of hydrogen-bond acceptors (Lipinski definition) is 4. The van der Waals surface area contributed by atoms with E-state index < -0.39 is 5.97 Å². The predicted molar refractivity (Wildman–Crippen MR) is 117 cm³/mol. The molecule has 0 bridgehead atoms. The van der Waals surface area contributed by atoms with Gasteiger partial charge in [-0.3, -0.25) is 4.90 Å². The van der Waals surface area contributed by atoms with Crippen LogP contribution in [-0.4, -0.2) is 17.4 Å². The molecule has 0 spiro atoms. The van der Waals surface area contributed by atoms with Crippen molar-refractivity contribution in [3.8, 4) is 0 Å². The van der Waals surface area contributed by atoms with Crippen LogP contribution in [0.4, 0.5) is 0 Å². The molecule has 0 aliphatic rings. The van der Waals surface area contributed by atoms with E-state index in [-0.39, 0.29) is 6.42 Å². The van der Waals surface area contributed by atoms with Crippen LogP contribution in [0, 0.1) is 6.92 Å². The minimum Gasteiger partial charge on any atom is -0.550 e. The van der Waals surface area contributed by atoms with Crippen molar-refractivity contribution in [2.75, 3.05) is 6.54 Å². The molecule has 3 aromatic rings.